The van der Waals surface area contributed by atoms with Crippen LogP contribution >= 0.6 is 0 Å². The summed E-state index contributed by atoms with van der Waals surface area (Å²) < 4.78 is 7.11. The summed E-state index contributed by atoms with van der Waals surface area (Å²) in [5, 5.41) is 14.4. The van der Waals surface area contributed by atoms with Crippen molar-refractivity contribution in [1.29, 1.82) is 0 Å². The predicted molar refractivity (Wildman–Crippen MR) is 97.4 cm³/mol. The number of amides is 3. The van der Waals surface area contributed by atoms with Crippen molar-refractivity contribution in [1.82, 2.24) is 20.0 Å². The number of aryl methyl sites for hydroxylation is 2. The zero-order valence-electron chi connectivity index (χ0n) is 15.2. The van der Waals surface area contributed by atoms with Gasteiger partial charge in [-0.25, -0.2) is 0 Å². The summed E-state index contributed by atoms with van der Waals surface area (Å²) in [6.07, 6.45) is 0.409. The third-order valence-corrected chi connectivity index (χ3v) is 4.42. The molecule has 0 unspecified atom stereocenters. The van der Waals surface area contributed by atoms with Gasteiger partial charge in [-0.3, -0.25) is 29.3 Å². The minimum absolute atomic E-state index is 0.0581. The van der Waals surface area contributed by atoms with E-state index in [4.69, 9.17) is 4.42 Å². The first kappa shape index (κ1) is 17.6. The first-order valence-electron chi connectivity index (χ1n) is 8.54. The highest BCUT2D eigenvalue weighted by molar-refractivity contribution is 6.20. The Morgan fingerprint density at radius 3 is 2.39 bits per heavy atom. The molecule has 0 radical (unpaired) electrons. The van der Waals surface area contributed by atoms with Crippen LogP contribution in [0.25, 0.3) is 11.6 Å². The smallest absolute Gasteiger partial charge is 0.322 e. The van der Waals surface area contributed by atoms with E-state index >= 15 is 0 Å². The lowest BCUT2D eigenvalue weighted by atomic mass is 10.2. The molecule has 1 aliphatic heterocycles. The van der Waals surface area contributed by atoms with Crippen LogP contribution in [0.3, 0.4) is 0 Å². The Morgan fingerprint density at radius 1 is 1.11 bits per heavy atom. The fourth-order valence-electron chi connectivity index (χ4n) is 2.84. The number of carbonyl (C=O) groups is 3. The summed E-state index contributed by atoms with van der Waals surface area (Å²) in [5.41, 5.74) is 2.19. The van der Waals surface area contributed by atoms with Crippen molar-refractivity contribution in [3.8, 4) is 11.6 Å². The largest absolute Gasteiger partial charge is 0.401 e. The molecule has 1 aromatic carbocycles. The third kappa shape index (κ3) is 3.15. The van der Waals surface area contributed by atoms with Gasteiger partial charge in [0.15, 0.2) is 0 Å². The Bertz CT molecular complexity index is 1050. The highest BCUT2D eigenvalue weighted by Crippen LogP contribution is 2.23. The lowest BCUT2D eigenvalue weighted by Crippen LogP contribution is -2.28. The van der Waals surface area contributed by atoms with Gasteiger partial charge in [-0.1, -0.05) is 5.10 Å². The molecule has 142 valence electrons. The van der Waals surface area contributed by atoms with Crippen molar-refractivity contribution in [2.24, 2.45) is 7.05 Å². The molecule has 0 atom stereocenters. The quantitative estimate of drug-likeness (QED) is 0.683. The molecule has 1 aliphatic rings. The van der Waals surface area contributed by atoms with Gasteiger partial charge in [0, 0.05) is 31.1 Å². The van der Waals surface area contributed by atoms with E-state index in [0.717, 1.165) is 10.6 Å². The van der Waals surface area contributed by atoms with Gasteiger partial charge >= 0.3 is 6.01 Å². The molecule has 3 amide bonds. The molecule has 3 aromatic rings. The zero-order chi connectivity index (χ0) is 19.8. The molecule has 10 nitrogen and oxygen atoms in total. The molecule has 4 rings (SSSR count). The van der Waals surface area contributed by atoms with Crippen LogP contribution in [0.15, 0.2) is 34.7 Å². The average Bonchev–Trinajstić information content (AvgIpc) is 3.36. The molecule has 0 spiro atoms. The maximum atomic E-state index is 12.4. The Kier molecular flexibility index (Phi) is 4.22. The van der Waals surface area contributed by atoms with Crippen molar-refractivity contribution in [2.75, 3.05) is 10.2 Å². The number of aromatic nitrogens is 4. The number of nitrogens with one attached hydrogen (secondary N) is 1. The second kappa shape index (κ2) is 6.72. The SMILES string of the molecule is Cc1cc(-c2nnc(NC(=O)c3ccc(N4C(=O)CCC4=O)cc3)o2)nn1C. The molecule has 1 saturated heterocycles. The van der Waals surface area contributed by atoms with Crippen LogP contribution < -0.4 is 10.2 Å². The predicted octanol–water partition coefficient (Wildman–Crippen LogP) is 1.68. The van der Waals surface area contributed by atoms with Gasteiger partial charge in [0.1, 0.15) is 5.69 Å². The summed E-state index contributed by atoms with van der Waals surface area (Å²) in [6, 6.07) is 7.86. The summed E-state index contributed by atoms with van der Waals surface area (Å²) in [7, 11) is 1.80. The van der Waals surface area contributed by atoms with E-state index in [1.165, 1.54) is 12.1 Å². The monoisotopic (exact) mass is 380 g/mol. The minimum atomic E-state index is -0.460. The van der Waals surface area contributed by atoms with E-state index in [0.29, 0.717) is 16.9 Å². The highest BCUT2D eigenvalue weighted by atomic mass is 16.4. The number of imide groups is 1. The average molecular weight is 380 g/mol. The molecule has 2 aromatic heterocycles. The van der Waals surface area contributed by atoms with Gasteiger partial charge in [-0.15, -0.1) is 5.10 Å². The lowest BCUT2D eigenvalue weighted by Gasteiger charge is -2.13. The second-order valence-corrected chi connectivity index (χ2v) is 6.33. The number of anilines is 2. The van der Waals surface area contributed by atoms with Crippen molar-refractivity contribution in [3.05, 3.63) is 41.6 Å². The number of rotatable bonds is 4. The van der Waals surface area contributed by atoms with Crippen LogP contribution in [0, 0.1) is 6.92 Å². The Labute approximate surface area is 159 Å². The normalized spacial score (nSPS) is 14.0. The first-order chi connectivity index (χ1) is 13.4. The van der Waals surface area contributed by atoms with Crippen LogP contribution in [-0.2, 0) is 16.6 Å². The Balaban J connectivity index is 1.47. The number of benzene rings is 1. The molecule has 1 fully saturated rings. The van der Waals surface area contributed by atoms with Crippen molar-refractivity contribution < 1.29 is 18.8 Å². The van der Waals surface area contributed by atoms with Crippen LogP contribution in [0.1, 0.15) is 28.9 Å². The van der Waals surface area contributed by atoms with Crippen LogP contribution in [0.2, 0.25) is 0 Å². The fourth-order valence-corrected chi connectivity index (χ4v) is 2.84. The molecule has 0 bridgehead atoms. The first-order valence-corrected chi connectivity index (χ1v) is 8.54. The van der Waals surface area contributed by atoms with Gasteiger partial charge in [-0.2, -0.15) is 5.10 Å². The van der Waals surface area contributed by atoms with Crippen LogP contribution in [0.5, 0.6) is 0 Å². The van der Waals surface area contributed by atoms with E-state index in [2.05, 4.69) is 20.6 Å². The molecule has 0 saturated carbocycles. The number of hydrogen-bond acceptors (Lipinski definition) is 7. The third-order valence-electron chi connectivity index (χ3n) is 4.42. The zero-order valence-corrected chi connectivity index (χ0v) is 15.2. The van der Waals surface area contributed by atoms with Gasteiger partial charge in [0.2, 0.25) is 11.8 Å². The van der Waals surface area contributed by atoms with Crippen molar-refractivity contribution in [2.45, 2.75) is 19.8 Å². The molecule has 28 heavy (non-hydrogen) atoms. The van der Waals surface area contributed by atoms with E-state index < -0.39 is 5.91 Å². The summed E-state index contributed by atoms with van der Waals surface area (Å²) in [4.78, 5) is 37.1. The lowest BCUT2D eigenvalue weighted by molar-refractivity contribution is -0.121. The van der Waals surface area contributed by atoms with E-state index in [1.807, 2.05) is 6.92 Å². The standard InChI is InChI=1S/C18H16N6O4/c1-10-9-13(22-23(10)2)17-20-21-18(28-17)19-16(27)11-3-5-12(6-4-11)24-14(25)7-8-15(24)26/h3-6,9H,7-8H2,1-2H3,(H,19,21,27). The summed E-state index contributed by atoms with van der Waals surface area (Å²) in [5.74, 6) is -0.755. The number of carbonyl (C=O) groups excluding carboxylic acids is 3. The highest BCUT2D eigenvalue weighted by Gasteiger charge is 2.30. The van der Waals surface area contributed by atoms with Crippen LogP contribution in [0.4, 0.5) is 11.7 Å². The van der Waals surface area contributed by atoms with Gasteiger partial charge in [-0.05, 0) is 37.3 Å². The van der Waals surface area contributed by atoms with E-state index in [1.54, 1.807) is 29.9 Å². The van der Waals surface area contributed by atoms with Crippen molar-refractivity contribution >= 4 is 29.4 Å². The minimum Gasteiger partial charge on any atom is -0.401 e. The maximum absolute atomic E-state index is 12.4. The van der Waals surface area contributed by atoms with Crippen LogP contribution in [-0.4, -0.2) is 37.7 Å². The van der Waals surface area contributed by atoms with Gasteiger partial charge in [0.05, 0.1) is 5.69 Å². The van der Waals surface area contributed by atoms with E-state index in [-0.39, 0.29) is 36.6 Å². The topological polar surface area (TPSA) is 123 Å². The van der Waals surface area contributed by atoms with Crippen molar-refractivity contribution in [3.63, 3.8) is 0 Å². The van der Waals surface area contributed by atoms with Gasteiger partial charge < -0.3 is 4.42 Å². The molecule has 3 heterocycles. The summed E-state index contributed by atoms with van der Waals surface area (Å²) >= 11 is 0. The molecule has 1 N–H and O–H groups in total. The molecular formula is C18H16N6O4. The number of hydrogen-bond donors (Lipinski definition) is 1. The summed E-state index contributed by atoms with van der Waals surface area (Å²) in [6.45, 7) is 1.89. The Morgan fingerprint density at radius 2 is 1.79 bits per heavy atom. The molecule has 0 aliphatic carbocycles. The fraction of sp³-hybridized carbons (Fsp3) is 0.222. The molecule has 10 heteroatoms. The Hall–Kier alpha value is -3.82. The van der Waals surface area contributed by atoms with Gasteiger partial charge in [0.25, 0.3) is 11.8 Å². The second-order valence-electron chi connectivity index (χ2n) is 6.33. The maximum Gasteiger partial charge on any atom is 0.322 e. The van der Waals surface area contributed by atoms with E-state index in [9.17, 15) is 14.4 Å². The molecular weight excluding hydrogens is 364 g/mol. The number of nitrogens with zero attached hydrogens (tertiary/aromatic N) is 5.